The van der Waals surface area contributed by atoms with Crippen molar-refractivity contribution in [2.45, 2.75) is 44.4 Å². The molecule has 2 atom stereocenters. The van der Waals surface area contributed by atoms with Gasteiger partial charge in [-0.25, -0.2) is 0 Å². The summed E-state index contributed by atoms with van der Waals surface area (Å²) in [6.45, 7) is 2.17. The fourth-order valence-electron chi connectivity index (χ4n) is 1.66. The summed E-state index contributed by atoms with van der Waals surface area (Å²) in [6.07, 6.45) is 4.87. The van der Waals surface area contributed by atoms with Gasteiger partial charge in [-0.15, -0.1) is 0 Å². The highest BCUT2D eigenvalue weighted by Crippen LogP contribution is 2.27. The fourth-order valence-corrected chi connectivity index (χ4v) is 1.66. The number of hydrogen-bond acceptors (Lipinski definition) is 1. The summed E-state index contributed by atoms with van der Waals surface area (Å²) in [4.78, 5) is 0. The third-order valence-corrected chi connectivity index (χ3v) is 2.39. The molecule has 0 saturated heterocycles. The summed E-state index contributed by atoms with van der Waals surface area (Å²) in [5, 5.41) is 9.37. The number of aliphatic hydroxyl groups excluding tert-OH is 1. The molecule has 1 aliphatic rings. The Morgan fingerprint density at radius 3 is 2.44 bits per heavy atom. The molecule has 9 heavy (non-hydrogen) atoms. The Morgan fingerprint density at radius 2 is 2.00 bits per heavy atom. The van der Waals surface area contributed by atoms with Crippen molar-refractivity contribution in [3.63, 3.8) is 0 Å². The second-order valence-electron chi connectivity index (χ2n) is 3.02. The molecule has 1 nitrogen and oxygen atoms in total. The average molecular weight is 126 g/mol. The molecule has 0 unspecified atom stereocenters. The largest absolute Gasteiger partial charge is 0.394 e. The molecular weight excluding hydrogens is 111 g/mol. The molecule has 0 aromatic carbocycles. The molecule has 2 heteroatoms. The van der Waals surface area contributed by atoms with E-state index < -0.39 is 0 Å². The highest BCUT2D eigenvalue weighted by Gasteiger charge is 2.20. The molecule has 1 N–H and O–H groups in total. The topological polar surface area (TPSA) is 20.2 Å². The van der Waals surface area contributed by atoms with Crippen LogP contribution in [-0.2, 0) is 0 Å². The van der Waals surface area contributed by atoms with Crippen LogP contribution < -0.4 is 0 Å². The number of aliphatic hydroxyl groups is 1. The van der Waals surface area contributed by atoms with Crippen LogP contribution in [-0.4, -0.2) is 18.5 Å². The van der Waals surface area contributed by atoms with Crippen LogP contribution in [0.2, 0.25) is 12.6 Å². The van der Waals surface area contributed by atoms with Gasteiger partial charge in [0.25, 0.3) is 0 Å². The number of rotatable bonds is 1. The van der Waals surface area contributed by atoms with Gasteiger partial charge >= 0.3 is 0 Å². The SMILES string of the molecule is CB[C@H]1CCCC[C@@H]1O. The lowest BCUT2D eigenvalue weighted by Crippen LogP contribution is -2.22. The van der Waals surface area contributed by atoms with Gasteiger partial charge in [0.05, 0.1) is 6.10 Å². The van der Waals surface area contributed by atoms with E-state index in [0.29, 0.717) is 5.82 Å². The van der Waals surface area contributed by atoms with Gasteiger partial charge in [0, 0.05) is 0 Å². The smallest absolute Gasteiger partial charge is 0.124 e. The summed E-state index contributed by atoms with van der Waals surface area (Å²) in [7, 11) is 1.15. The summed E-state index contributed by atoms with van der Waals surface area (Å²) in [6, 6.07) is 0. The molecular formula is C7H15BO. The standard InChI is InChI=1S/C7H15BO/c1-8-6-4-2-3-5-7(6)9/h6-9H,2-5H2,1H3/t6-,7-/m0/s1. The second-order valence-corrected chi connectivity index (χ2v) is 3.02. The van der Waals surface area contributed by atoms with E-state index >= 15 is 0 Å². The van der Waals surface area contributed by atoms with E-state index in [1.165, 1.54) is 19.3 Å². The van der Waals surface area contributed by atoms with Crippen LogP contribution in [0.5, 0.6) is 0 Å². The van der Waals surface area contributed by atoms with E-state index in [-0.39, 0.29) is 6.10 Å². The lowest BCUT2D eigenvalue weighted by atomic mass is 9.60. The molecule has 0 bridgehead atoms. The monoisotopic (exact) mass is 126 g/mol. The minimum atomic E-state index is 0.0174. The van der Waals surface area contributed by atoms with Crippen molar-refractivity contribution in [1.82, 2.24) is 0 Å². The van der Waals surface area contributed by atoms with Crippen LogP contribution in [0, 0.1) is 0 Å². The zero-order valence-corrected chi connectivity index (χ0v) is 6.14. The molecule has 0 spiro atoms. The zero-order chi connectivity index (χ0) is 6.69. The van der Waals surface area contributed by atoms with Gasteiger partial charge in [0.15, 0.2) is 0 Å². The molecule has 52 valence electrons. The van der Waals surface area contributed by atoms with Crippen LogP contribution in [0.3, 0.4) is 0 Å². The van der Waals surface area contributed by atoms with Crippen molar-refractivity contribution in [3.8, 4) is 0 Å². The Kier molecular flexibility index (Phi) is 2.58. The third-order valence-electron chi connectivity index (χ3n) is 2.39. The lowest BCUT2D eigenvalue weighted by Gasteiger charge is -2.25. The van der Waals surface area contributed by atoms with Crippen LogP contribution in [0.1, 0.15) is 25.7 Å². The summed E-state index contributed by atoms with van der Waals surface area (Å²) >= 11 is 0. The Bertz CT molecular complexity index is 85.0. The zero-order valence-electron chi connectivity index (χ0n) is 6.14. The van der Waals surface area contributed by atoms with Gasteiger partial charge in [-0.05, 0) is 12.2 Å². The highest BCUT2D eigenvalue weighted by atomic mass is 16.3. The van der Waals surface area contributed by atoms with Crippen molar-refractivity contribution < 1.29 is 5.11 Å². The molecule has 0 radical (unpaired) electrons. The van der Waals surface area contributed by atoms with Gasteiger partial charge in [0.2, 0.25) is 0 Å². The van der Waals surface area contributed by atoms with Crippen LogP contribution in [0.25, 0.3) is 0 Å². The van der Waals surface area contributed by atoms with Gasteiger partial charge in [-0.1, -0.05) is 26.1 Å². The predicted octanol–water partition coefficient (Wildman–Crippen LogP) is 1.19. The van der Waals surface area contributed by atoms with E-state index in [1.54, 1.807) is 0 Å². The molecule has 0 aromatic rings. The molecule has 1 fully saturated rings. The summed E-state index contributed by atoms with van der Waals surface area (Å²) < 4.78 is 0. The van der Waals surface area contributed by atoms with Gasteiger partial charge in [-0.2, -0.15) is 0 Å². The first-order valence-electron chi connectivity index (χ1n) is 4.02. The van der Waals surface area contributed by atoms with Crippen LogP contribution in [0.4, 0.5) is 0 Å². The van der Waals surface area contributed by atoms with Crippen molar-refractivity contribution in [3.05, 3.63) is 0 Å². The summed E-state index contributed by atoms with van der Waals surface area (Å²) in [5.74, 6) is 0.610. The van der Waals surface area contributed by atoms with E-state index in [0.717, 1.165) is 13.7 Å². The minimum absolute atomic E-state index is 0.0174. The minimum Gasteiger partial charge on any atom is -0.394 e. The Hall–Kier alpha value is 0.0249. The van der Waals surface area contributed by atoms with E-state index in [9.17, 15) is 5.11 Å². The maximum atomic E-state index is 9.37. The van der Waals surface area contributed by atoms with Gasteiger partial charge in [0.1, 0.15) is 7.28 Å². The van der Waals surface area contributed by atoms with Crippen molar-refractivity contribution in [1.29, 1.82) is 0 Å². The maximum absolute atomic E-state index is 9.37. The molecule has 1 aliphatic carbocycles. The first kappa shape index (κ1) is 7.14. The Morgan fingerprint density at radius 1 is 1.33 bits per heavy atom. The Balaban J connectivity index is 2.30. The molecule has 0 amide bonds. The number of hydrogen-bond donors (Lipinski definition) is 1. The van der Waals surface area contributed by atoms with E-state index in [2.05, 4.69) is 6.82 Å². The lowest BCUT2D eigenvalue weighted by molar-refractivity contribution is 0.130. The molecule has 0 heterocycles. The maximum Gasteiger partial charge on any atom is 0.124 e. The first-order chi connectivity index (χ1) is 4.34. The van der Waals surface area contributed by atoms with Crippen molar-refractivity contribution >= 4 is 7.28 Å². The fraction of sp³-hybridized carbons (Fsp3) is 1.00. The molecule has 0 aromatic heterocycles. The molecule has 1 saturated carbocycles. The Labute approximate surface area is 57.7 Å². The third kappa shape index (κ3) is 1.72. The van der Waals surface area contributed by atoms with Gasteiger partial charge in [-0.3, -0.25) is 0 Å². The summed E-state index contributed by atoms with van der Waals surface area (Å²) in [5.41, 5.74) is 0. The second kappa shape index (κ2) is 3.26. The normalized spacial score (nSPS) is 36.2. The van der Waals surface area contributed by atoms with E-state index in [1.807, 2.05) is 0 Å². The van der Waals surface area contributed by atoms with Crippen molar-refractivity contribution in [2.24, 2.45) is 0 Å². The van der Waals surface area contributed by atoms with Gasteiger partial charge < -0.3 is 5.11 Å². The van der Waals surface area contributed by atoms with Crippen molar-refractivity contribution in [2.75, 3.05) is 0 Å². The average Bonchev–Trinajstić information content (AvgIpc) is 1.89. The predicted molar refractivity (Wildman–Crippen MR) is 41.2 cm³/mol. The molecule has 0 aliphatic heterocycles. The van der Waals surface area contributed by atoms with Crippen LogP contribution in [0.15, 0.2) is 0 Å². The highest BCUT2D eigenvalue weighted by molar-refractivity contribution is 6.35. The molecule has 1 rings (SSSR count). The first-order valence-corrected chi connectivity index (χ1v) is 4.02. The quantitative estimate of drug-likeness (QED) is 0.523. The van der Waals surface area contributed by atoms with Crippen LogP contribution >= 0.6 is 0 Å². The van der Waals surface area contributed by atoms with E-state index in [4.69, 9.17) is 0 Å².